The van der Waals surface area contributed by atoms with Crippen LogP contribution >= 0.6 is 11.3 Å². The van der Waals surface area contributed by atoms with Crippen LogP contribution in [0.1, 0.15) is 21.8 Å². The van der Waals surface area contributed by atoms with Gasteiger partial charge in [0.15, 0.2) is 5.78 Å². The monoisotopic (exact) mass is 277 g/mol. The van der Waals surface area contributed by atoms with E-state index in [-0.39, 0.29) is 5.78 Å². The van der Waals surface area contributed by atoms with E-state index in [2.05, 4.69) is 6.07 Å². The van der Waals surface area contributed by atoms with E-state index in [1.807, 2.05) is 60.0 Å². The lowest BCUT2D eigenvalue weighted by Gasteiger charge is -2.07. The van der Waals surface area contributed by atoms with E-state index in [4.69, 9.17) is 0 Å². The maximum Gasteiger partial charge on any atom is 0.185 e. The molecular formula is C17H11NOS. The molecular weight excluding hydrogens is 266 g/mol. The number of rotatable bonds is 3. The summed E-state index contributed by atoms with van der Waals surface area (Å²) in [5, 5.41) is 12.1. The number of carbonyl (C=O) groups is 1. The van der Waals surface area contributed by atoms with E-state index in [0.29, 0.717) is 5.56 Å². The lowest BCUT2D eigenvalue weighted by molar-refractivity contribution is 0.0981. The van der Waals surface area contributed by atoms with Crippen LogP contribution in [-0.4, -0.2) is 5.78 Å². The summed E-state index contributed by atoms with van der Waals surface area (Å²) in [5.74, 6) is -0.870. The summed E-state index contributed by atoms with van der Waals surface area (Å²) in [6.45, 7) is 0. The zero-order valence-electron chi connectivity index (χ0n) is 10.6. The second-order valence-corrected chi connectivity index (χ2v) is 5.39. The highest BCUT2D eigenvalue weighted by molar-refractivity contribution is 7.17. The van der Waals surface area contributed by atoms with Gasteiger partial charge in [-0.15, -0.1) is 11.3 Å². The van der Waals surface area contributed by atoms with Gasteiger partial charge in [0.1, 0.15) is 5.92 Å². The van der Waals surface area contributed by atoms with E-state index in [1.165, 1.54) is 11.3 Å². The van der Waals surface area contributed by atoms with E-state index in [0.717, 1.165) is 15.6 Å². The lowest BCUT2D eigenvalue weighted by Crippen LogP contribution is -2.10. The van der Waals surface area contributed by atoms with Gasteiger partial charge in [0.05, 0.1) is 6.07 Å². The van der Waals surface area contributed by atoms with Gasteiger partial charge in [-0.2, -0.15) is 5.26 Å². The fraction of sp³-hybridized carbons (Fsp3) is 0.0588. The Morgan fingerprint density at radius 2 is 1.75 bits per heavy atom. The number of thiophene rings is 1. The molecule has 1 atom stereocenters. The Bertz CT molecular complexity index is 798. The molecule has 0 fully saturated rings. The van der Waals surface area contributed by atoms with Gasteiger partial charge in [-0.3, -0.25) is 4.79 Å². The molecule has 3 heteroatoms. The van der Waals surface area contributed by atoms with Crippen LogP contribution in [0.2, 0.25) is 0 Å². The standard InChI is InChI=1S/C17H11NOS/c18-10-14(12-6-2-1-3-7-12)17(19)15-11-20-16-9-5-4-8-13(15)16/h1-9,11,14H. The number of carbonyl (C=O) groups excluding carboxylic acids is 1. The highest BCUT2D eigenvalue weighted by atomic mass is 32.1. The molecule has 1 aromatic heterocycles. The van der Waals surface area contributed by atoms with Crippen molar-refractivity contribution < 1.29 is 4.79 Å². The summed E-state index contributed by atoms with van der Waals surface area (Å²) in [7, 11) is 0. The minimum absolute atomic E-state index is 0.129. The van der Waals surface area contributed by atoms with Gasteiger partial charge in [-0.25, -0.2) is 0 Å². The Hall–Kier alpha value is -2.44. The van der Waals surface area contributed by atoms with Crippen molar-refractivity contribution in [2.45, 2.75) is 5.92 Å². The zero-order chi connectivity index (χ0) is 13.9. The molecule has 0 aliphatic rings. The SMILES string of the molecule is N#CC(C(=O)c1csc2ccccc12)c1ccccc1. The van der Waals surface area contributed by atoms with Gasteiger partial charge in [0, 0.05) is 21.0 Å². The second-order valence-electron chi connectivity index (χ2n) is 4.48. The number of hydrogen-bond donors (Lipinski definition) is 0. The van der Waals surface area contributed by atoms with Crippen LogP contribution in [0.3, 0.4) is 0 Å². The first-order chi connectivity index (χ1) is 9.81. The van der Waals surface area contributed by atoms with Crippen molar-refractivity contribution in [1.82, 2.24) is 0 Å². The maximum atomic E-state index is 12.6. The molecule has 0 spiro atoms. The summed E-state index contributed by atoms with van der Waals surface area (Å²) in [4.78, 5) is 12.6. The molecule has 0 aliphatic heterocycles. The van der Waals surface area contributed by atoms with Crippen molar-refractivity contribution >= 4 is 27.2 Å². The first-order valence-corrected chi connectivity index (χ1v) is 7.14. The number of benzene rings is 2. The Morgan fingerprint density at radius 1 is 1.05 bits per heavy atom. The van der Waals surface area contributed by atoms with E-state index in [1.54, 1.807) is 0 Å². The van der Waals surface area contributed by atoms with Gasteiger partial charge >= 0.3 is 0 Å². The van der Waals surface area contributed by atoms with Crippen LogP contribution in [0.5, 0.6) is 0 Å². The molecule has 0 amide bonds. The van der Waals surface area contributed by atoms with Crippen molar-refractivity contribution in [3.8, 4) is 6.07 Å². The first-order valence-electron chi connectivity index (χ1n) is 6.26. The zero-order valence-corrected chi connectivity index (χ0v) is 11.4. The summed E-state index contributed by atoms with van der Waals surface area (Å²) in [6.07, 6.45) is 0. The average Bonchev–Trinajstić information content (AvgIpc) is 2.93. The molecule has 96 valence electrons. The van der Waals surface area contributed by atoms with E-state index < -0.39 is 5.92 Å². The number of hydrogen-bond acceptors (Lipinski definition) is 3. The molecule has 3 rings (SSSR count). The highest BCUT2D eigenvalue weighted by Gasteiger charge is 2.23. The molecule has 0 N–H and O–H groups in total. The minimum atomic E-state index is -0.741. The van der Waals surface area contributed by atoms with Gasteiger partial charge in [0.25, 0.3) is 0 Å². The summed E-state index contributed by atoms with van der Waals surface area (Å²) >= 11 is 1.54. The molecule has 3 aromatic rings. The largest absolute Gasteiger partial charge is 0.292 e. The molecule has 0 bridgehead atoms. The first kappa shape index (κ1) is 12.6. The van der Waals surface area contributed by atoms with Gasteiger partial charge in [-0.05, 0) is 11.6 Å². The highest BCUT2D eigenvalue weighted by Crippen LogP contribution is 2.30. The van der Waals surface area contributed by atoms with Crippen LogP contribution in [-0.2, 0) is 0 Å². The van der Waals surface area contributed by atoms with Crippen LogP contribution < -0.4 is 0 Å². The van der Waals surface area contributed by atoms with E-state index >= 15 is 0 Å². The molecule has 0 saturated carbocycles. The topological polar surface area (TPSA) is 40.9 Å². The van der Waals surface area contributed by atoms with Gasteiger partial charge in [0.2, 0.25) is 0 Å². The van der Waals surface area contributed by atoms with Crippen molar-refractivity contribution in [2.24, 2.45) is 0 Å². The third kappa shape index (κ3) is 2.11. The third-order valence-electron chi connectivity index (χ3n) is 3.27. The van der Waals surface area contributed by atoms with Crippen molar-refractivity contribution in [2.75, 3.05) is 0 Å². The lowest BCUT2D eigenvalue weighted by atomic mass is 9.92. The summed E-state index contributed by atoms with van der Waals surface area (Å²) < 4.78 is 1.07. The molecule has 0 saturated heterocycles. The Morgan fingerprint density at radius 3 is 2.50 bits per heavy atom. The van der Waals surface area contributed by atoms with Crippen LogP contribution in [0.4, 0.5) is 0 Å². The Kier molecular flexibility index (Phi) is 3.32. The van der Waals surface area contributed by atoms with Crippen molar-refractivity contribution in [3.05, 3.63) is 71.1 Å². The molecule has 2 aromatic carbocycles. The molecule has 2 nitrogen and oxygen atoms in total. The number of ketones is 1. The molecule has 0 aliphatic carbocycles. The predicted octanol–water partition coefficient (Wildman–Crippen LogP) is 4.39. The summed E-state index contributed by atoms with van der Waals surface area (Å²) in [5.41, 5.74) is 1.39. The van der Waals surface area contributed by atoms with Crippen molar-refractivity contribution in [3.63, 3.8) is 0 Å². The maximum absolute atomic E-state index is 12.6. The van der Waals surface area contributed by atoms with Crippen LogP contribution in [0.15, 0.2) is 60.0 Å². The fourth-order valence-corrected chi connectivity index (χ4v) is 3.20. The number of Topliss-reactive ketones (excluding diaryl/α,β-unsaturated/α-hetero) is 1. The number of nitriles is 1. The van der Waals surface area contributed by atoms with Gasteiger partial charge in [-0.1, -0.05) is 48.5 Å². The number of nitrogens with zero attached hydrogens (tertiary/aromatic N) is 1. The van der Waals surface area contributed by atoms with Crippen molar-refractivity contribution in [1.29, 1.82) is 5.26 Å². The van der Waals surface area contributed by atoms with E-state index in [9.17, 15) is 10.1 Å². The Balaban J connectivity index is 2.06. The number of fused-ring (bicyclic) bond motifs is 1. The molecule has 0 radical (unpaired) electrons. The normalized spacial score (nSPS) is 11.9. The van der Waals surface area contributed by atoms with Gasteiger partial charge < -0.3 is 0 Å². The smallest absolute Gasteiger partial charge is 0.185 e. The third-order valence-corrected chi connectivity index (χ3v) is 4.23. The van der Waals surface area contributed by atoms with Crippen LogP contribution in [0, 0.1) is 11.3 Å². The molecule has 20 heavy (non-hydrogen) atoms. The fourth-order valence-electron chi connectivity index (χ4n) is 2.25. The predicted molar refractivity (Wildman–Crippen MR) is 81.0 cm³/mol. The minimum Gasteiger partial charge on any atom is -0.292 e. The Labute approximate surface area is 120 Å². The summed E-state index contributed by atoms with van der Waals surface area (Å²) in [6, 6.07) is 19.1. The second kappa shape index (κ2) is 5.28. The van der Waals surface area contributed by atoms with Crippen LogP contribution in [0.25, 0.3) is 10.1 Å². The average molecular weight is 277 g/mol. The quantitative estimate of drug-likeness (QED) is 0.666. The molecule has 1 unspecified atom stereocenters. The molecule has 1 heterocycles.